The molecule has 0 spiro atoms. The molecule has 0 bridgehead atoms. The van der Waals surface area contributed by atoms with Gasteiger partial charge in [0.15, 0.2) is 0 Å². The average Bonchev–Trinajstić information content (AvgIpc) is 3.33. The fourth-order valence-electron chi connectivity index (χ4n) is 3.47. The van der Waals surface area contributed by atoms with E-state index in [-0.39, 0.29) is 30.5 Å². The molecule has 3 nitrogen and oxygen atoms in total. The Kier molecular flexibility index (Phi) is 4.95. The Morgan fingerprint density at radius 1 is 1.17 bits per heavy atom. The molecule has 1 aromatic carbocycles. The van der Waals surface area contributed by atoms with Gasteiger partial charge in [-0.25, -0.2) is 8.78 Å². The maximum atomic E-state index is 13.9. The van der Waals surface area contributed by atoms with Crippen LogP contribution in [0.25, 0.3) is 0 Å². The number of carbonyl (C=O) groups is 1. The summed E-state index contributed by atoms with van der Waals surface area (Å²) in [6.45, 7) is 0.220. The normalized spacial score (nSPS) is 24.5. The molecule has 2 N–H and O–H groups in total. The van der Waals surface area contributed by atoms with Crippen LogP contribution in [0.4, 0.5) is 8.78 Å². The molecule has 5 heteroatoms. The molecule has 1 aromatic rings. The van der Waals surface area contributed by atoms with Gasteiger partial charge in [0.25, 0.3) is 0 Å². The summed E-state index contributed by atoms with van der Waals surface area (Å²) >= 11 is 0. The number of nitrogens with zero attached hydrogens (tertiary/aromatic N) is 1. The van der Waals surface area contributed by atoms with Gasteiger partial charge in [0.2, 0.25) is 5.91 Å². The lowest BCUT2D eigenvalue weighted by atomic mass is 9.82. The molecule has 3 rings (SSSR count). The molecule has 2 aliphatic carbocycles. The Labute approximate surface area is 135 Å². The first-order valence-corrected chi connectivity index (χ1v) is 8.53. The molecule has 2 atom stereocenters. The zero-order chi connectivity index (χ0) is 16.4. The lowest BCUT2D eigenvalue weighted by Gasteiger charge is -2.31. The van der Waals surface area contributed by atoms with Crippen molar-refractivity contribution in [3.63, 3.8) is 0 Å². The number of hydrogen-bond acceptors (Lipinski definition) is 2. The summed E-state index contributed by atoms with van der Waals surface area (Å²) in [5.41, 5.74) is 6.51. The first kappa shape index (κ1) is 16.4. The molecule has 0 saturated heterocycles. The van der Waals surface area contributed by atoms with Crippen LogP contribution in [0.15, 0.2) is 18.2 Å². The second kappa shape index (κ2) is 6.95. The van der Waals surface area contributed by atoms with Gasteiger partial charge in [-0.3, -0.25) is 4.79 Å². The highest BCUT2D eigenvalue weighted by Gasteiger charge is 2.35. The van der Waals surface area contributed by atoms with Crippen molar-refractivity contribution in [3.05, 3.63) is 35.4 Å². The predicted molar refractivity (Wildman–Crippen MR) is 84.5 cm³/mol. The van der Waals surface area contributed by atoms with E-state index < -0.39 is 11.6 Å². The van der Waals surface area contributed by atoms with Gasteiger partial charge in [0, 0.05) is 36.7 Å². The van der Waals surface area contributed by atoms with Crippen LogP contribution in [0.3, 0.4) is 0 Å². The summed E-state index contributed by atoms with van der Waals surface area (Å²) in [6.07, 6.45) is 6.61. The second-order valence-corrected chi connectivity index (χ2v) is 6.90. The van der Waals surface area contributed by atoms with Crippen molar-refractivity contribution < 1.29 is 13.6 Å². The van der Waals surface area contributed by atoms with Gasteiger partial charge >= 0.3 is 0 Å². The van der Waals surface area contributed by atoms with Gasteiger partial charge in [-0.05, 0) is 37.7 Å². The second-order valence-electron chi connectivity index (χ2n) is 6.90. The smallest absolute Gasteiger partial charge is 0.223 e. The van der Waals surface area contributed by atoms with Gasteiger partial charge in [0.05, 0.1) is 0 Å². The van der Waals surface area contributed by atoms with Crippen molar-refractivity contribution in [1.29, 1.82) is 0 Å². The Bertz CT molecular complexity index is 574. The van der Waals surface area contributed by atoms with E-state index in [2.05, 4.69) is 0 Å². The number of amides is 1. The summed E-state index contributed by atoms with van der Waals surface area (Å²) < 4.78 is 26.9. The van der Waals surface area contributed by atoms with Crippen LogP contribution in [0.1, 0.15) is 50.5 Å². The lowest BCUT2D eigenvalue weighted by Crippen LogP contribution is -2.39. The largest absolute Gasteiger partial charge is 0.335 e. The van der Waals surface area contributed by atoms with Crippen LogP contribution in [0, 0.1) is 17.6 Å². The third kappa shape index (κ3) is 4.08. The Morgan fingerprint density at radius 2 is 1.91 bits per heavy atom. The molecule has 2 aliphatic rings. The molecule has 0 aromatic heterocycles. The molecule has 0 radical (unpaired) electrons. The minimum absolute atomic E-state index is 0.0542. The molecule has 2 fully saturated rings. The molecular formula is C18H24F2N2O. The zero-order valence-electron chi connectivity index (χ0n) is 13.3. The average molecular weight is 322 g/mol. The fraction of sp³-hybridized carbons (Fsp3) is 0.611. The van der Waals surface area contributed by atoms with Crippen molar-refractivity contribution in [3.8, 4) is 0 Å². The van der Waals surface area contributed by atoms with E-state index in [1.54, 1.807) is 4.90 Å². The summed E-state index contributed by atoms with van der Waals surface area (Å²) in [5, 5.41) is 0. The van der Waals surface area contributed by atoms with E-state index in [0.29, 0.717) is 12.0 Å². The van der Waals surface area contributed by atoms with Gasteiger partial charge < -0.3 is 10.6 Å². The maximum absolute atomic E-state index is 13.9. The van der Waals surface area contributed by atoms with Gasteiger partial charge in [-0.15, -0.1) is 0 Å². The standard InChI is InChI=1S/C18H24F2N2O/c19-14-6-5-13(16(20)10-14)11-22(15-7-8-15)18(23)9-12-3-1-2-4-17(12)21/h5-6,10,12,15,17H,1-4,7-9,11,21H2. The third-order valence-corrected chi connectivity index (χ3v) is 5.07. The summed E-state index contributed by atoms with van der Waals surface area (Å²) in [4.78, 5) is 14.5. The van der Waals surface area contributed by atoms with Crippen molar-refractivity contribution >= 4 is 5.91 Å². The summed E-state index contributed by atoms with van der Waals surface area (Å²) in [7, 11) is 0. The highest BCUT2D eigenvalue weighted by atomic mass is 19.1. The molecule has 126 valence electrons. The highest BCUT2D eigenvalue weighted by molar-refractivity contribution is 5.77. The number of rotatable bonds is 5. The number of nitrogens with two attached hydrogens (primary N) is 1. The van der Waals surface area contributed by atoms with E-state index in [0.717, 1.165) is 44.6 Å². The number of carbonyl (C=O) groups excluding carboxylic acids is 1. The molecule has 23 heavy (non-hydrogen) atoms. The van der Waals surface area contributed by atoms with Crippen molar-refractivity contribution in [2.75, 3.05) is 0 Å². The molecule has 1 amide bonds. The van der Waals surface area contributed by atoms with E-state index in [4.69, 9.17) is 5.73 Å². The molecular weight excluding hydrogens is 298 g/mol. The van der Waals surface area contributed by atoms with Crippen molar-refractivity contribution in [1.82, 2.24) is 4.90 Å². The van der Waals surface area contributed by atoms with E-state index in [9.17, 15) is 13.6 Å². The first-order valence-electron chi connectivity index (χ1n) is 8.53. The summed E-state index contributed by atoms with van der Waals surface area (Å²) in [6, 6.07) is 3.84. The molecule has 2 saturated carbocycles. The number of benzene rings is 1. The van der Waals surface area contributed by atoms with Crippen LogP contribution in [-0.4, -0.2) is 22.9 Å². The van der Waals surface area contributed by atoms with E-state index in [1.165, 1.54) is 12.1 Å². The number of halogens is 2. The Balaban J connectivity index is 1.67. The van der Waals surface area contributed by atoms with Crippen molar-refractivity contribution in [2.45, 2.75) is 63.6 Å². The number of hydrogen-bond donors (Lipinski definition) is 1. The Morgan fingerprint density at radius 3 is 2.57 bits per heavy atom. The maximum Gasteiger partial charge on any atom is 0.223 e. The zero-order valence-corrected chi connectivity index (χ0v) is 13.3. The van der Waals surface area contributed by atoms with E-state index in [1.807, 2.05) is 0 Å². The van der Waals surface area contributed by atoms with Crippen LogP contribution in [0.2, 0.25) is 0 Å². The van der Waals surface area contributed by atoms with Crippen LogP contribution < -0.4 is 5.73 Å². The molecule has 2 unspecified atom stereocenters. The quantitative estimate of drug-likeness (QED) is 0.903. The topological polar surface area (TPSA) is 46.3 Å². The van der Waals surface area contributed by atoms with Crippen LogP contribution in [0.5, 0.6) is 0 Å². The lowest BCUT2D eigenvalue weighted by molar-refractivity contribution is -0.133. The van der Waals surface area contributed by atoms with Crippen LogP contribution in [-0.2, 0) is 11.3 Å². The fourth-order valence-corrected chi connectivity index (χ4v) is 3.47. The monoisotopic (exact) mass is 322 g/mol. The highest BCUT2D eigenvalue weighted by Crippen LogP contribution is 2.32. The van der Waals surface area contributed by atoms with Crippen LogP contribution >= 0.6 is 0 Å². The van der Waals surface area contributed by atoms with Gasteiger partial charge in [-0.1, -0.05) is 18.9 Å². The van der Waals surface area contributed by atoms with E-state index >= 15 is 0 Å². The summed E-state index contributed by atoms with van der Waals surface area (Å²) in [5.74, 6) is -0.893. The third-order valence-electron chi connectivity index (χ3n) is 5.07. The molecule has 0 heterocycles. The predicted octanol–water partition coefficient (Wildman–Crippen LogP) is 3.36. The van der Waals surface area contributed by atoms with Crippen molar-refractivity contribution in [2.24, 2.45) is 11.7 Å². The SMILES string of the molecule is NC1CCCCC1CC(=O)N(Cc1ccc(F)cc1F)C1CC1. The minimum Gasteiger partial charge on any atom is -0.335 e. The first-order chi connectivity index (χ1) is 11.0. The molecule has 0 aliphatic heterocycles. The van der Waals surface area contributed by atoms with Gasteiger partial charge in [-0.2, -0.15) is 0 Å². The minimum atomic E-state index is -0.594. The van der Waals surface area contributed by atoms with Gasteiger partial charge in [0.1, 0.15) is 11.6 Å². The Hall–Kier alpha value is -1.49.